The number of rotatable bonds is 9. The van der Waals surface area contributed by atoms with E-state index in [0.29, 0.717) is 28.7 Å². The minimum atomic E-state index is -1.15. The van der Waals surface area contributed by atoms with Crippen LogP contribution < -0.4 is 5.32 Å². The number of amides is 1. The van der Waals surface area contributed by atoms with Crippen LogP contribution in [0.2, 0.25) is 5.02 Å². The summed E-state index contributed by atoms with van der Waals surface area (Å²) in [6, 6.07) is 7.57. The molecule has 5 aliphatic carbocycles. The number of hydrogen-bond donors (Lipinski definition) is 2. The fourth-order valence-corrected chi connectivity index (χ4v) is 13.4. The van der Waals surface area contributed by atoms with E-state index in [4.69, 9.17) is 16.3 Å². The van der Waals surface area contributed by atoms with Gasteiger partial charge in [0.05, 0.1) is 17.9 Å². The van der Waals surface area contributed by atoms with Crippen molar-refractivity contribution < 1.29 is 24.2 Å². The van der Waals surface area contributed by atoms with Crippen molar-refractivity contribution in [1.82, 2.24) is 5.32 Å². The lowest BCUT2D eigenvalue weighted by Crippen LogP contribution is -2.65. The fourth-order valence-electron chi connectivity index (χ4n) is 13.2. The normalized spacial score (nSPS) is 37.0. The fraction of sp³-hybridized carbons (Fsp3) is 0.717. The van der Waals surface area contributed by atoms with Crippen LogP contribution in [0.1, 0.15) is 151 Å². The summed E-state index contributed by atoms with van der Waals surface area (Å²) in [5, 5.41) is 13.5. The smallest absolute Gasteiger partial charge is 0.309 e. The van der Waals surface area contributed by atoms with Crippen molar-refractivity contribution in [3.63, 3.8) is 0 Å². The summed E-state index contributed by atoms with van der Waals surface area (Å²) in [4.78, 5) is 38.3. The van der Waals surface area contributed by atoms with Crippen molar-refractivity contribution in [2.75, 3.05) is 0 Å². The molecule has 4 fully saturated rings. The molecule has 9 atom stereocenters. The molecular formula is C46H66ClNO5. The van der Waals surface area contributed by atoms with E-state index in [1.807, 2.05) is 37.3 Å². The number of carboxylic acid groups (broad SMARTS) is 1. The van der Waals surface area contributed by atoms with Gasteiger partial charge >= 0.3 is 11.9 Å². The largest absolute Gasteiger partial charge is 0.481 e. The maximum atomic E-state index is 13.4. The average Bonchev–Trinajstić information content (AvgIpc) is 3.45. The summed E-state index contributed by atoms with van der Waals surface area (Å²) in [6.07, 6.45) is 14.8. The quantitative estimate of drug-likeness (QED) is 0.149. The molecule has 7 heteroatoms. The van der Waals surface area contributed by atoms with E-state index in [1.54, 1.807) is 25.0 Å². The highest BCUT2D eigenvalue weighted by Gasteiger charge is 2.69. The minimum Gasteiger partial charge on any atom is -0.481 e. The predicted molar refractivity (Wildman–Crippen MR) is 212 cm³/mol. The Balaban J connectivity index is 1.24. The van der Waals surface area contributed by atoms with E-state index in [1.165, 1.54) is 12.8 Å². The molecule has 0 spiro atoms. The number of carbonyl (C=O) groups is 3. The number of halogens is 1. The molecule has 0 saturated heterocycles. The number of hydrogen-bond acceptors (Lipinski definition) is 4. The van der Waals surface area contributed by atoms with Gasteiger partial charge in [0.25, 0.3) is 0 Å². The second kappa shape index (κ2) is 13.9. The van der Waals surface area contributed by atoms with Crippen LogP contribution in [0.5, 0.6) is 0 Å². The molecule has 53 heavy (non-hydrogen) atoms. The predicted octanol–water partition coefficient (Wildman–Crippen LogP) is 11.3. The number of benzene rings is 1. The van der Waals surface area contributed by atoms with Gasteiger partial charge in [-0.15, -0.1) is 0 Å². The van der Waals surface area contributed by atoms with Gasteiger partial charge in [0.2, 0.25) is 5.91 Å². The van der Waals surface area contributed by atoms with Gasteiger partial charge in [0.15, 0.2) is 0 Å². The molecule has 4 saturated carbocycles. The Bertz CT molecular complexity index is 1690. The lowest BCUT2D eigenvalue weighted by molar-refractivity contribution is -0.232. The molecule has 0 unspecified atom stereocenters. The van der Waals surface area contributed by atoms with E-state index in [9.17, 15) is 19.5 Å². The standard InChI is InChI=1S/C46H66ClNO5/c1-28(2)32-16-22-46(23-19-37(49)48-29(3)30-12-11-13-31(47)26-30)25-24-44(9)33(39(32)46)14-15-35-43(8)20-18-36(53-38(50)27-41(4,5)40(51)52)42(6,7)34(43)17-21-45(35,44)10/h11-13,19,23,26,28-29,33-36H,14-18,20-22,24-25,27H2,1-10H3,(H,48,49)(H,51,52)/t29-,33+,34-,35+,36-,43-,44+,45+,46-/m0/s1. The van der Waals surface area contributed by atoms with Crippen LogP contribution in [-0.2, 0) is 19.1 Å². The number of esters is 1. The Labute approximate surface area is 324 Å². The first-order valence-corrected chi connectivity index (χ1v) is 20.9. The summed E-state index contributed by atoms with van der Waals surface area (Å²) in [6.45, 7) is 22.4. The van der Waals surface area contributed by atoms with Crippen molar-refractivity contribution in [3.05, 3.63) is 58.1 Å². The van der Waals surface area contributed by atoms with E-state index < -0.39 is 17.4 Å². The van der Waals surface area contributed by atoms with Crippen LogP contribution in [0.15, 0.2) is 47.6 Å². The third-order valence-electron chi connectivity index (χ3n) is 16.4. The Morgan fingerprint density at radius 1 is 0.943 bits per heavy atom. The second-order valence-electron chi connectivity index (χ2n) is 20.2. The molecule has 1 aromatic rings. The molecule has 6 nitrogen and oxygen atoms in total. The Morgan fingerprint density at radius 3 is 2.32 bits per heavy atom. The van der Waals surface area contributed by atoms with Crippen molar-refractivity contribution in [2.24, 2.45) is 56.2 Å². The molecule has 1 aromatic carbocycles. The SMILES string of the molecule is CC(C)C1=C2[C@H]3CC[C@@H]4[C@@]5(C)CC[C@H](OC(=O)CC(C)(C)C(=O)O)C(C)(C)[C@@H]5CC[C@@]4(C)[C@]3(C)CC[C@@]2(C=CC(=O)N[C@@H](C)c2cccc(Cl)c2)CC1. The van der Waals surface area contributed by atoms with Gasteiger partial charge in [-0.05, 0) is 149 Å². The molecule has 0 radical (unpaired) electrons. The third-order valence-corrected chi connectivity index (χ3v) is 16.6. The molecule has 2 N–H and O–H groups in total. The number of ether oxygens (including phenoxy) is 1. The number of carbonyl (C=O) groups excluding carboxylic acids is 2. The highest BCUT2D eigenvalue weighted by Crippen LogP contribution is 2.77. The molecular weight excluding hydrogens is 682 g/mol. The lowest BCUT2D eigenvalue weighted by Gasteiger charge is -2.72. The van der Waals surface area contributed by atoms with Crippen LogP contribution in [0.25, 0.3) is 0 Å². The molecule has 0 heterocycles. The number of allylic oxidation sites excluding steroid dienone is 3. The zero-order chi connectivity index (χ0) is 38.9. The molecule has 0 aliphatic heterocycles. The van der Waals surface area contributed by atoms with E-state index >= 15 is 0 Å². The molecule has 1 amide bonds. The number of carboxylic acids is 1. The minimum absolute atomic E-state index is 0.0473. The van der Waals surface area contributed by atoms with Crippen LogP contribution in [0, 0.1) is 56.2 Å². The first kappa shape index (κ1) is 40.1. The van der Waals surface area contributed by atoms with E-state index in [0.717, 1.165) is 56.9 Å². The van der Waals surface area contributed by atoms with E-state index in [2.05, 4.69) is 59.9 Å². The van der Waals surface area contributed by atoms with Gasteiger partial charge in [-0.25, -0.2) is 0 Å². The van der Waals surface area contributed by atoms with Crippen molar-refractivity contribution in [3.8, 4) is 0 Å². The van der Waals surface area contributed by atoms with Crippen LogP contribution in [-0.4, -0.2) is 29.1 Å². The van der Waals surface area contributed by atoms with Gasteiger partial charge in [-0.3, -0.25) is 14.4 Å². The van der Waals surface area contributed by atoms with Gasteiger partial charge in [0, 0.05) is 15.9 Å². The average molecular weight is 748 g/mol. The zero-order valence-electron chi connectivity index (χ0n) is 34.2. The summed E-state index contributed by atoms with van der Waals surface area (Å²) in [7, 11) is 0. The third kappa shape index (κ3) is 6.63. The molecule has 0 aromatic heterocycles. The first-order valence-electron chi connectivity index (χ1n) is 20.5. The molecule has 0 bridgehead atoms. The summed E-state index contributed by atoms with van der Waals surface area (Å²) in [5.74, 6) is 0.554. The Kier molecular flexibility index (Phi) is 10.5. The van der Waals surface area contributed by atoms with Crippen LogP contribution in [0.4, 0.5) is 0 Å². The highest BCUT2D eigenvalue weighted by molar-refractivity contribution is 6.30. The van der Waals surface area contributed by atoms with Gasteiger partial charge in [0.1, 0.15) is 6.10 Å². The molecule has 5 aliphatic rings. The van der Waals surface area contributed by atoms with Crippen molar-refractivity contribution in [2.45, 2.75) is 152 Å². The van der Waals surface area contributed by atoms with Gasteiger partial charge in [-0.2, -0.15) is 0 Å². The Morgan fingerprint density at radius 2 is 1.66 bits per heavy atom. The summed E-state index contributed by atoms with van der Waals surface area (Å²) in [5.41, 5.74) is 3.34. The molecule has 292 valence electrons. The van der Waals surface area contributed by atoms with Crippen LogP contribution >= 0.6 is 11.6 Å². The maximum Gasteiger partial charge on any atom is 0.309 e. The zero-order valence-corrected chi connectivity index (χ0v) is 34.9. The second-order valence-corrected chi connectivity index (χ2v) is 20.6. The van der Waals surface area contributed by atoms with Gasteiger partial charge < -0.3 is 15.2 Å². The lowest BCUT2D eigenvalue weighted by atomic mass is 9.33. The van der Waals surface area contributed by atoms with Crippen molar-refractivity contribution >= 4 is 29.4 Å². The topological polar surface area (TPSA) is 92.7 Å². The van der Waals surface area contributed by atoms with Crippen molar-refractivity contribution in [1.29, 1.82) is 0 Å². The number of nitrogens with one attached hydrogen (secondary N) is 1. The molecule has 6 rings (SSSR count). The highest BCUT2D eigenvalue weighted by atomic mass is 35.5. The number of fused-ring (bicyclic) bond motifs is 7. The first-order chi connectivity index (χ1) is 24.6. The van der Waals surface area contributed by atoms with Gasteiger partial charge in [-0.1, -0.05) is 89.4 Å². The monoisotopic (exact) mass is 747 g/mol. The Hall–Kier alpha value is -2.60. The summed E-state index contributed by atoms with van der Waals surface area (Å²) >= 11 is 6.25. The summed E-state index contributed by atoms with van der Waals surface area (Å²) < 4.78 is 6.19. The maximum absolute atomic E-state index is 13.4. The van der Waals surface area contributed by atoms with E-state index in [-0.39, 0.29) is 51.5 Å². The van der Waals surface area contributed by atoms with Crippen LogP contribution in [0.3, 0.4) is 0 Å². The number of aliphatic carboxylic acids is 1.